The molecular weight excluding hydrogens is 432 g/mol. The largest absolute Gasteiger partial charge is 0.398 e. The average Bonchev–Trinajstić information content (AvgIpc) is 2.83. The van der Waals surface area contributed by atoms with Crippen LogP contribution in [0.25, 0.3) is 5.70 Å². The monoisotopic (exact) mass is 486 g/mol. The minimum absolute atomic E-state index is 0.660. The highest BCUT2D eigenvalue weighted by atomic mass is 32.1. The Morgan fingerprint density at radius 3 is 1.82 bits per heavy atom. The highest BCUT2D eigenvalue weighted by Gasteiger charge is 2.18. The number of rotatable bonds is 5. The molecule has 3 heteroatoms. The van der Waals surface area contributed by atoms with Gasteiger partial charge >= 0.3 is 0 Å². The van der Waals surface area contributed by atoms with Crippen LogP contribution in [-0.4, -0.2) is 0 Å². The van der Waals surface area contributed by atoms with Gasteiger partial charge in [-0.1, -0.05) is 94.0 Å². The molecule has 0 atom stereocenters. The Balaban J connectivity index is -0.000000835. The molecule has 0 fully saturated rings. The highest BCUT2D eigenvalue weighted by molar-refractivity contribution is 7.84. The molecule has 0 heterocycles. The maximum Gasteiger partial charge on any atom is 0.0694 e. The zero-order chi connectivity index (χ0) is 27.4. The number of nitrogens with two attached hydrogens (primary N) is 1. The first kappa shape index (κ1) is 36.4. The van der Waals surface area contributed by atoms with E-state index in [-0.39, 0.29) is 0 Å². The summed E-state index contributed by atoms with van der Waals surface area (Å²) in [6, 6.07) is 12.6. The fourth-order valence-electron chi connectivity index (χ4n) is 2.74. The molecule has 0 aromatic heterocycles. The van der Waals surface area contributed by atoms with Gasteiger partial charge in [0.1, 0.15) is 0 Å². The van der Waals surface area contributed by atoms with E-state index in [2.05, 4.69) is 97.2 Å². The molecular formula is C31H54N2S. The lowest BCUT2D eigenvalue weighted by molar-refractivity contribution is 0.737. The van der Waals surface area contributed by atoms with Crippen molar-refractivity contribution in [3.8, 4) is 0 Å². The van der Waals surface area contributed by atoms with Crippen LogP contribution in [0.5, 0.6) is 0 Å². The third kappa shape index (κ3) is 12.9. The smallest absolute Gasteiger partial charge is 0.0694 e. The summed E-state index contributed by atoms with van der Waals surface area (Å²) < 4.78 is 0. The summed E-state index contributed by atoms with van der Waals surface area (Å²) in [6.07, 6.45) is 3.03. The molecule has 2 N–H and O–H groups in total. The lowest BCUT2D eigenvalue weighted by Gasteiger charge is -2.29. The Morgan fingerprint density at radius 2 is 1.44 bits per heavy atom. The first-order valence-electron chi connectivity index (χ1n) is 12.9. The number of thiol groups is 1. The van der Waals surface area contributed by atoms with E-state index in [1.165, 1.54) is 16.7 Å². The molecule has 0 spiro atoms. The maximum absolute atomic E-state index is 6.27. The third-order valence-corrected chi connectivity index (χ3v) is 4.52. The van der Waals surface area contributed by atoms with Gasteiger partial charge in [-0.2, -0.15) is 0 Å². The van der Waals surface area contributed by atoms with E-state index in [9.17, 15) is 0 Å². The van der Waals surface area contributed by atoms with Crippen LogP contribution in [0.4, 0.5) is 11.4 Å². The Kier molecular flexibility index (Phi) is 22.9. The lowest BCUT2D eigenvalue weighted by atomic mass is 10.0. The molecule has 0 saturated carbocycles. The van der Waals surface area contributed by atoms with Gasteiger partial charge in [-0.3, -0.25) is 0 Å². The summed E-state index contributed by atoms with van der Waals surface area (Å²) in [7, 11) is 0. The molecule has 2 aromatic rings. The number of anilines is 2. The number of nitrogen functional groups attached to an aromatic ring is 1. The molecule has 0 radical (unpaired) electrons. The van der Waals surface area contributed by atoms with Crippen LogP contribution in [-0.2, 0) is 6.42 Å². The molecule has 0 aliphatic heterocycles. The summed E-state index contributed by atoms with van der Waals surface area (Å²) in [6.45, 7) is 30.9. The van der Waals surface area contributed by atoms with Crippen molar-refractivity contribution in [3.05, 3.63) is 76.3 Å². The van der Waals surface area contributed by atoms with Gasteiger partial charge in [0.15, 0.2) is 0 Å². The molecule has 194 valence electrons. The second kappa shape index (κ2) is 21.4. The fourth-order valence-corrected chi connectivity index (χ4v) is 2.97. The van der Waals surface area contributed by atoms with Gasteiger partial charge in [0.05, 0.1) is 10.7 Å². The zero-order valence-electron chi connectivity index (χ0n) is 24.5. The fraction of sp³-hybridized carbons (Fsp3) is 0.484. The molecule has 2 nitrogen and oxygen atoms in total. The third-order valence-electron chi connectivity index (χ3n) is 4.32. The van der Waals surface area contributed by atoms with Crippen molar-refractivity contribution in [2.24, 2.45) is 5.92 Å². The number of allylic oxidation sites excluding steroid dienone is 1. The van der Waals surface area contributed by atoms with Crippen molar-refractivity contribution in [2.75, 3.05) is 10.6 Å². The molecule has 0 bridgehead atoms. The number of benzene rings is 2. The van der Waals surface area contributed by atoms with Gasteiger partial charge in [0.25, 0.3) is 0 Å². The molecule has 34 heavy (non-hydrogen) atoms. The quantitative estimate of drug-likeness (QED) is 0.325. The van der Waals surface area contributed by atoms with Crippen LogP contribution < -0.4 is 10.6 Å². The topological polar surface area (TPSA) is 29.3 Å². The van der Waals surface area contributed by atoms with Crippen LogP contribution in [0.3, 0.4) is 0 Å². The molecule has 0 saturated heterocycles. The van der Waals surface area contributed by atoms with Crippen LogP contribution in [0.15, 0.2) is 54.1 Å². The van der Waals surface area contributed by atoms with E-state index >= 15 is 0 Å². The van der Waals surface area contributed by atoms with E-state index in [0.717, 1.165) is 35.0 Å². The molecule has 2 rings (SSSR count). The molecule has 0 aliphatic rings. The zero-order valence-corrected chi connectivity index (χ0v) is 25.4. The van der Waals surface area contributed by atoms with E-state index < -0.39 is 0 Å². The normalized spacial score (nSPS) is 9.68. The Hall–Kier alpha value is -2.13. The van der Waals surface area contributed by atoms with Crippen molar-refractivity contribution in [3.63, 3.8) is 0 Å². The Bertz CT molecular complexity index is 833. The van der Waals surface area contributed by atoms with E-state index in [4.69, 9.17) is 5.73 Å². The van der Waals surface area contributed by atoms with Gasteiger partial charge in [-0.05, 0) is 74.1 Å². The van der Waals surface area contributed by atoms with Gasteiger partial charge < -0.3 is 10.6 Å². The van der Waals surface area contributed by atoms with Crippen LogP contribution in [0, 0.1) is 19.8 Å². The Morgan fingerprint density at radius 1 is 0.941 bits per heavy atom. The SMILES string of the molecule is C=C(S)N(/C(=C\C)c1cc(CC)ccc1N)c1ccc(C)c(C)c1.CC.CC.CC.CC(C)C. The maximum atomic E-state index is 6.27. The van der Waals surface area contributed by atoms with E-state index in [1.807, 2.05) is 59.4 Å². The molecule has 2 aromatic carbocycles. The summed E-state index contributed by atoms with van der Waals surface area (Å²) in [5, 5.41) is 0.660. The first-order chi connectivity index (χ1) is 16.1. The number of nitrogens with zero attached hydrogens (tertiary/aromatic N) is 1. The number of aryl methyl sites for hydroxylation is 3. The summed E-state index contributed by atoms with van der Waals surface area (Å²) >= 11 is 4.54. The minimum atomic E-state index is 0.660. The van der Waals surface area contributed by atoms with Crippen molar-refractivity contribution < 1.29 is 0 Å². The molecule has 0 unspecified atom stereocenters. The van der Waals surface area contributed by atoms with Crippen LogP contribution in [0.2, 0.25) is 0 Å². The van der Waals surface area contributed by atoms with Crippen LogP contribution >= 0.6 is 12.6 Å². The van der Waals surface area contributed by atoms with Crippen molar-refractivity contribution in [1.29, 1.82) is 0 Å². The number of hydrogen-bond acceptors (Lipinski definition) is 3. The summed E-state index contributed by atoms with van der Waals surface area (Å²) in [5.74, 6) is 0.833. The van der Waals surface area contributed by atoms with Gasteiger partial charge in [0, 0.05) is 16.9 Å². The Labute approximate surface area is 218 Å². The highest BCUT2D eigenvalue weighted by Crippen LogP contribution is 2.35. The average molecular weight is 487 g/mol. The van der Waals surface area contributed by atoms with Gasteiger partial charge in [-0.15, -0.1) is 12.6 Å². The second-order valence-corrected chi connectivity index (χ2v) is 8.22. The van der Waals surface area contributed by atoms with Crippen molar-refractivity contribution >= 4 is 29.7 Å². The summed E-state index contributed by atoms with van der Waals surface area (Å²) in [5.41, 5.74) is 13.8. The van der Waals surface area contributed by atoms with E-state index in [1.54, 1.807) is 0 Å². The predicted octanol–water partition coefficient (Wildman–Crippen LogP) is 10.5. The lowest BCUT2D eigenvalue weighted by Crippen LogP contribution is -2.19. The standard InChI is InChI=1S/C21H26N2S.C4H10.3C2H6/c1-6-17-9-11-20(22)19(13-17)21(7-2)23(16(5)24)18-10-8-14(3)15(4)12-18;1-4(2)3;3*1-2/h7-13,24H,5-6,22H2,1-4H3;4H,1-3H3;3*1-2H3/b21-7-;;;;. The predicted molar refractivity (Wildman–Crippen MR) is 165 cm³/mol. The van der Waals surface area contributed by atoms with Gasteiger partial charge in [-0.25, -0.2) is 0 Å². The van der Waals surface area contributed by atoms with Crippen molar-refractivity contribution in [1.82, 2.24) is 0 Å². The second-order valence-electron chi connectivity index (χ2n) is 7.70. The summed E-state index contributed by atoms with van der Waals surface area (Å²) in [4.78, 5) is 2.04. The minimum Gasteiger partial charge on any atom is -0.398 e. The number of hydrogen-bond donors (Lipinski definition) is 2. The molecule has 0 amide bonds. The van der Waals surface area contributed by atoms with Crippen molar-refractivity contribution in [2.45, 2.75) is 96.4 Å². The van der Waals surface area contributed by atoms with E-state index in [0.29, 0.717) is 5.03 Å². The van der Waals surface area contributed by atoms with Crippen LogP contribution in [0.1, 0.15) is 98.4 Å². The van der Waals surface area contributed by atoms with Gasteiger partial charge in [0.2, 0.25) is 0 Å². The first-order valence-corrected chi connectivity index (χ1v) is 13.4. The molecule has 0 aliphatic carbocycles.